The lowest BCUT2D eigenvalue weighted by Crippen LogP contribution is -2.41. The smallest absolute Gasteiger partial charge is 0.309 e. The second-order valence-corrected chi connectivity index (χ2v) is 9.92. The number of para-hydroxylation sites is 1. The zero-order valence-electron chi connectivity index (χ0n) is 17.5. The number of benzene rings is 2. The molecule has 31 heavy (non-hydrogen) atoms. The molecule has 1 saturated heterocycles. The predicted octanol–water partition coefficient (Wildman–Crippen LogP) is 4.08. The minimum absolute atomic E-state index is 0.0189. The van der Waals surface area contributed by atoms with Crippen LogP contribution in [0.5, 0.6) is 0 Å². The number of hydrogen-bond acceptors (Lipinski definition) is 5. The second kappa shape index (κ2) is 9.16. The fourth-order valence-electron chi connectivity index (χ4n) is 3.89. The Balaban J connectivity index is 1.33. The van der Waals surface area contributed by atoms with Crippen LogP contribution in [0, 0.1) is 5.92 Å². The van der Waals surface area contributed by atoms with E-state index in [1.807, 2.05) is 67.6 Å². The van der Waals surface area contributed by atoms with E-state index in [2.05, 4.69) is 4.98 Å². The summed E-state index contributed by atoms with van der Waals surface area (Å²) in [6.07, 6.45) is 2.26. The molecule has 1 aliphatic heterocycles. The topological polar surface area (TPSA) is 76.6 Å². The minimum Gasteiger partial charge on any atom is -0.458 e. The largest absolute Gasteiger partial charge is 0.458 e. The fourth-order valence-corrected chi connectivity index (χ4v) is 5.46. The molecule has 7 heteroatoms. The summed E-state index contributed by atoms with van der Waals surface area (Å²) in [7, 11) is -3.40. The molecule has 0 aliphatic carbocycles. The molecule has 6 nitrogen and oxygen atoms in total. The SMILES string of the molecule is CC(OC(=O)C1CCN(S(=O)(=O)Cc2ccccc2)CC1)c1cnc2ccccc2c1. The Labute approximate surface area is 182 Å². The van der Waals surface area contributed by atoms with Crippen LogP contribution in [-0.2, 0) is 25.3 Å². The van der Waals surface area contributed by atoms with E-state index >= 15 is 0 Å². The van der Waals surface area contributed by atoms with Crippen LogP contribution in [-0.4, -0.2) is 36.8 Å². The number of pyridine rings is 1. The van der Waals surface area contributed by atoms with Crippen LogP contribution in [0.15, 0.2) is 66.9 Å². The molecule has 1 atom stereocenters. The van der Waals surface area contributed by atoms with Gasteiger partial charge in [0.2, 0.25) is 10.0 Å². The van der Waals surface area contributed by atoms with E-state index in [1.165, 1.54) is 4.31 Å². The number of carbonyl (C=O) groups excluding carboxylic acids is 1. The van der Waals surface area contributed by atoms with Crippen LogP contribution >= 0.6 is 0 Å². The number of carbonyl (C=O) groups is 1. The van der Waals surface area contributed by atoms with E-state index < -0.39 is 16.1 Å². The Morgan fingerprint density at radius 2 is 1.77 bits per heavy atom. The highest BCUT2D eigenvalue weighted by Crippen LogP contribution is 2.26. The maximum absolute atomic E-state index is 12.7. The van der Waals surface area contributed by atoms with Crippen molar-refractivity contribution >= 4 is 26.9 Å². The van der Waals surface area contributed by atoms with Crippen molar-refractivity contribution in [3.8, 4) is 0 Å². The molecule has 0 N–H and O–H groups in total. The van der Waals surface area contributed by atoms with Gasteiger partial charge in [-0.3, -0.25) is 9.78 Å². The van der Waals surface area contributed by atoms with Crippen LogP contribution in [0.3, 0.4) is 0 Å². The van der Waals surface area contributed by atoms with Crippen molar-refractivity contribution in [2.24, 2.45) is 5.92 Å². The van der Waals surface area contributed by atoms with Gasteiger partial charge in [0.1, 0.15) is 6.10 Å². The van der Waals surface area contributed by atoms with Crippen LogP contribution in [0.1, 0.15) is 37.0 Å². The monoisotopic (exact) mass is 438 g/mol. The van der Waals surface area contributed by atoms with Gasteiger partial charge >= 0.3 is 5.97 Å². The van der Waals surface area contributed by atoms with Gasteiger partial charge in [0, 0.05) is 30.2 Å². The normalized spacial score (nSPS) is 16.8. The number of esters is 1. The molecule has 1 fully saturated rings. The number of nitrogens with zero attached hydrogens (tertiary/aromatic N) is 2. The van der Waals surface area contributed by atoms with E-state index in [0.717, 1.165) is 22.0 Å². The first-order valence-corrected chi connectivity index (χ1v) is 12.1. The first-order valence-electron chi connectivity index (χ1n) is 10.5. The summed E-state index contributed by atoms with van der Waals surface area (Å²) < 4.78 is 32.6. The van der Waals surface area contributed by atoms with Gasteiger partial charge in [0.15, 0.2) is 0 Å². The van der Waals surface area contributed by atoms with E-state index in [9.17, 15) is 13.2 Å². The Morgan fingerprint density at radius 1 is 1.10 bits per heavy atom. The maximum Gasteiger partial charge on any atom is 0.309 e. The summed E-state index contributed by atoms with van der Waals surface area (Å²) >= 11 is 0. The van der Waals surface area contributed by atoms with E-state index in [-0.39, 0.29) is 17.6 Å². The lowest BCUT2D eigenvalue weighted by atomic mass is 9.98. The number of fused-ring (bicyclic) bond motifs is 1. The number of piperidine rings is 1. The molecule has 0 saturated carbocycles. The Hall–Kier alpha value is -2.77. The number of rotatable bonds is 6. The van der Waals surface area contributed by atoms with Crippen molar-refractivity contribution in [1.82, 2.24) is 9.29 Å². The highest BCUT2D eigenvalue weighted by molar-refractivity contribution is 7.88. The first-order chi connectivity index (χ1) is 14.9. The molecular formula is C24H26N2O4S. The lowest BCUT2D eigenvalue weighted by molar-refractivity contribution is -0.155. The zero-order chi connectivity index (χ0) is 21.8. The van der Waals surface area contributed by atoms with E-state index in [0.29, 0.717) is 25.9 Å². The minimum atomic E-state index is -3.40. The fraction of sp³-hybridized carbons (Fsp3) is 0.333. The third-order valence-electron chi connectivity index (χ3n) is 5.75. The number of sulfonamides is 1. The average Bonchev–Trinajstić information content (AvgIpc) is 2.79. The molecule has 0 radical (unpaired) electrons. The molecule has 4 rings (SSSR count). The third-order valence-corrected chi connectivity index (χ3v) is 7.60. The maximum atomic E-state index is 12.7. The summed E-state index contributed by atoms with van der Waals surface area (Å²) in [6.45, 7) is 2.50. The summed E-state index contributed by atoms with van der Waals surface area (Å²) in [5.41, 5.74) is 2.51. The Bertz CT molecular complexity index is 1160. The van der Waals surface area contributed by atoms with Gasteiger partial charge in [0.25, 0.3) is 0 Å². The van der Waals surface area contributed by atoms with E-state index in [1.54, 1.807) is 6.20 Å². The standard InChI is InChI=1S/C24H26N2O4S/c1-18(22-15-21-9-5-6-10-23(21)25-16-22)30-24(27)20-11-13-26(14-12-20)31(28,29)17-19-7-3-2-4-8-19/h2-10,15-16,18,20H,11-14,17H2,1H3. The van der Waals surface area contributed by atoms with Gasteiger partial charge in [-0.2, -0.15) is 0 Å². The Kier molecular flexibility index (Phi) is 6.34. The van der Waals surface area contributed by atoms with Crippen molar-refractivity contribution in [3.63, 3.8) is 0 Å². The van der Waals surface area contributed by atoms with Crippen LogP contribution < -0.4 is 0 Å². The summed E-state index contributed by atoms with van der Waals surface area (Å²) in [6, 6.07) is 18.9. The summed E-state index contributed by atoms with van der Waals surface area (Å²) in [5, 5.41) is 1.000. The van der Waals surface area contributed by atoms with Gasteiger partial charge < -0.3 is 4.74 Å². The molecule has 1 aromatic heterocycles. The molecule has 2 aromatic carbocycles. The molecule has 162 valence electrons. The van der Waals surface area contributed by atoms with Crippen molar-refractivity contribution in [2.75, 3.05) is 13.1 Å². The molecule has 0 amide bonds. The van der Waals surface area contributed by atoms with E-state index in [4.69, 9.17) is 4.74 Å². The highest BCUT2D eigenvalue weighted by Gasteiger charge is 2.32. The molecule has 0 bridgehead atoms. The number of ether oxygens (including phenoxy) is 1. The average molecular weight is 439 g/mol. The quantitative estimate of drug-likeness (QED) is 0.542. The molecular weight excluding hydrogens is 412 g/mol. The van der Waals surface area contributed by atoms with Gasteiger partial charge in [-0.25, -0.2) is 12.7 Å². The van der Waals surface area contributed by atoms with Crippen molar-refractivity contribution in [2.45, 2.75) is 31.6 Å². The summed E-state index contributed by atoms with van der Waals surface area (Å²) in [5.74, 6) is -0.589. The van der Waals surface area contributed by atoms with Crippen molar-refractivity contribution in [1.29, 1.82) is 0 Å². The summed E-state index contributed by atoms with van der Waals surface area (Å²) in [4.78, 5) is 17.1. The van der Waals surface area contributed by atoms with Gasteiger partial charge in [-0.15, -0.1) is 0 Å². The van der Waals surface area contributed by atoms with Gasteiger partial charge in [-0.1, -0.05) is 48.5 Å². The third kappa shape index (κ3) is 5.11. The van der Waals surface area contributed by atoms with Crippen LogP contribution in [0.4, 0.5) is 0 Å². The number of hydrogen-bond donors (Lipinski definition) is 0. The van der Waals surface area contributed by atoms with Crippen LogP contribution in [0.2, 0.25) is 0 Å². The van der Waals surface area contributed by atoms with Crippen molar-refractivity contribution < 1.29 is 17.9 Å². The first kappa shape index (κ1) is 21.5. The van der Waals surface area contributed by atoms with Gasteiger partial charge in [-0.05, 0) is 37.5 Å². The Morgan fingerprint density at radius 3 is 2.52 bits per heavy atom. The van der Waals surface area contributed by atoms with Gasteiger partial charge in [0.05, 0.1) is 17.2 Å². The lowest BCUT2D eigenvalue weighted by Gasteiger charge is -2.30. The highest BCUT2D eigenvalue weighted by atomic mass is 32.2. The molecule has 2 heterocycles. The predicted molar refractivity (Wildman–Crippen MR) is 120 cm³/mol. The zero-order valence-corrected chi connectivity index (χ0v) is 18.3. The molecule has 3 aromatic rings. The van der Waals surface area contributed by atoms with Crippen molar-refractivity contribution in [3.05, 3.63) is 78.0 Å². The molecule has 1 unspecified atom stereocenters. The molecule has 0 spiro atoms. The second-order valence-electron chi connectivity index (χ2n) is 7.96. The van der Waals surface area contributed by atoms with Crippen LogP contribution in [0.25, 0.3) is 10.9 Å². The number of aromatic nitrogens is 1. The molecule has 1 aliphatic rings.